The normalized spacial score (nSPS) is 18.5. The molecule has 1 fully saturated rings. The van der Waals surface area contributed by atoms with E-state index in [-0.39, 0.29) is 0 Å². The number of hydrogen-bond donors (Lipinski definition) is 1. The van der Waals surface area contributed by atoms with Crippen LogP contribution in [0.5, 0.6) is 0 Å². The Hall–Kier alpha value is -1.30. The molecule has 1 heteroatoms. The summed E-state index contributed by atoms with van der Waals surface area (Å²) in [4.78, 5) is 0. The smallest absolute Gasteiger partial charge is 0.0876 e. The van der Waals surface area contributed by atoms with Gasteiger partial charge in [0.05, 0.1) is 5.60 Å². The van der Waals surface area contributed by atoms with Crippen LogP contribution in [0.4, 0.5) is 0 Å². The average Bonchev–Trinajstić information content (AvgIpc) is 2.46. The van der Waals surface area contributed by atoms with Gasteiger partial charge in [-0.3, -0.25) is 0 Å². The van der Waals surface area contributed by atoms with Crippen molar-refractivity contribution in [1.82, 2.24) is 0 Å². The molecule has 0 bridgehead atoms. The zero-order chi connectivity index (χ0) is 13.6. The lowest BCUT2D eigenvalue weighted by Crippen LogP contribution is -2.21. The van der Waals surface area contributed by atoms with E-state index in [1.807, 2.05) is 31.2 Å². The van der Waals surface area contributed by atoms with Gasteiger partial charge in [0.2, 0.25) is 0 Å². The first-order valence-corrected chi connectivity index (χ1v) is 7.38. The summed E-state index contributed by atoms with van der Waals surface area (Å²) in [6.45, 7) is 1.88. The highest BCUT2D eigenvalue weighted by atomic mass is 16.3. The Balaban J connectivity index is 1.92. The topological polar surface area (TPSA) is 20.2 Å². The summed E-state index contributed by atoms with van der Waals surface area (Å²) in [7, 11) is 0. The zero-order valence-corrected chi connectivity index (χ0v) is 11.9. The van der Waals surface area contributed by atoms with Crippen LogP contribution in [-0.4, -0.2) is 10.7 Å². The molecule has 0 amide bonds. The Morgan fingerprint density at radius 3 is 2.53 bits per heavy atom. The SMILES string of the molecule is CC(O)(C=C=C1CCCCC1)CCc1ccccc1. The summed E-state index contributed by atoms with van der Waals surface area (Å²) in [5, 5.41) is 10.4. The highest BCUT2D eigenvalue weighted by Gasteiger charge is 2.16. The molecule has 1 nitrogen and oxygen atoms in total. The molecule has 0 saturated heterocycles. The predicted octanol–water partition coefficient (Wildman–Crippen LogP) is 4.42. The third kappa shape index (κ3) is 5.06. The standard InChI is InChI=1S/C18H24O/c1-18(19,14-12-16-8-4-2-5-9-16)15-13-17-10-6-3-7-11-17/h2,4-5,8-9,15,19H,3,6-7,10-12,14H2,1H3. The molecule has 1 saturated carbocycles. The lowest BCUT2D eigenvalue weighted by molar-refractivity contribution is 0.102. The molecule has 1 N–H and O–H groups in total. The monoisotopic (exact) mass is 256 g/mol. The highest BCUT2D eigenvalue weighted by Crippen LogP contribution is 2.22. The van der Waals surface area contributed by atoms with E-state index in [1.165, 1.54) is 30.4 Å². The van der Waals surface area contributed by atoms with Crippen molar-refractivity contribution < 1.29 is 5.11 Å². The van der Waals surface area contributed by atoms with Crippen LogP contribution in [-0.2, 0) is 6.42 Å². The minimum absolute atomic E-state index is 0.747. The van der Waals surface area contributed by atoms with Gasteiger partial charge in [0.15, 0.2) is 0 Å². The largest absolute Gasteiger partial charge is 0.385 e. The van der Waals surface area contributed by atoms with E-state index in [2.05, 4.69) is 17.9 Å². The molecule has 1 aromatic rings. The summed E-state index contributed by atoms with van der Waals surface area (Å²) >= 11 is 0. The second-order valence-electron chi connectivity index (χ2n) is 5.80. The van der Waals surface area contributed by atoms with Crippen LogP contribution in [0, 0.1) is 0 Å². The van der Waals surface area contributed by atoms with Crippen molar-refractivity contribution in [3.8, 4) is 0 Å². The Labute approximate surface area is 116 Å². The maximum Gasteiger partial charge on any atom is 0.0876 e. The Morgan fingerprint density at radius 1 is 1.16 bits per heavy atom. The van der Waals surface area contributed by atoms with Gasteiger partial charge in [0, 0.05) is 0 Å². The number of hydrogen-bond acceptors (Lipinski definition) is 1. The summed E-state index contributed by atoms with van der Waals surface area (Å²) in [6.07, 6.45) is 9.74. The number of benzene rings is 1. The molecule has 2 rings (SSSR count). The fourth-order valence-corrected chi connectivity index (χ4v) is 2.49. The van der Waals surface area contributed by atoms with Crippen molar-refractivity contribution in [1.29, 1.82) is 0 Å². The Bertz CT molecular complexity index is 442. The second-order valence-corrected chi connectivity index (χ2v) is 5.80. The average molecular weight is 256 g/mol. The van der Waals surface area contributed by atoms with Gasteiger partial charge in [-0.1, -0.05) is 36.8 Å². The highest BCUT2D eigenvalue weighted by molar-refractivity contribution is 5.16. The molecule has 1 atom stereocenters. The lowest BCUT2D eigenvalue weighted by atomic mass is 9.93. The molecule has 0 heterocycles. The van der Waals surface area contributed by atoms with Crippen LogP contribution in [0.15, 0.2) is 47.7 Å². The molecule has 1 aliphatic carbocycles. The van der Waals surface area contributed by atoms with E-state index in [4.69, 9.17) is 0 Å². The van der Waals surface area contributed by atoms with E-state index >= 15 is 0 Å². The first-order valence-electron chi connectivity index (χ1n) is 7.38. The summed E-state index contributed by atoms with van der Waals surface area (Å²) in [6, 6.07) is 10.3. The molecule has 1 aromatic carbocycles. The van der Waals surface area contributed by atoms with Crippen molar-refractivity contribution in [2.45, 2.75) is 57.5 Å². The van der Waals surface area contributed by atoms with Crippen LogP contribution < -0.4 is 0 Å². The quantitative estimate of drug-likeness (QED) is 0.791. The van der Waals surface area contributed by atoms with E-state index in [9.17, 15) is 5.11 Å². The first-order chi connectivity index (χ1) is 9.16. The van der Waals surface area contributed by atoms with Crippen molar-refractivity contribution in [3.63, 3.8) is 0 Å². The lowest BCUT2D eigenvalue weighted by Gasteiger charge is -2.18. The van der Waals surface area contributed by atoms with Crippen LogP contribution >= 0.6 is 0 Å². The second kappa shape index (κ2) is 6.75. The fourth-order valence-electron chi connectivity index (χ4n) is 2.49. The van der Waals surface area contributed by atoms with Crippen LogP contribution in [0.3, 0.4) is 0 Å². The van der Waals surface area contributed by atoms with Gasteiger partial charge in [-0.25, -0.2) is 0 Å². The molecule has 102 valence electrons. The third-order valence-electron chi connectivity index (χ3n) is 3.81. The van der Waals surface area contributed by atoms with Crippen LogP contribution in [0.2, 0.25) is 0 Å². The molecule has 1 unspecified atom stereocenters. The van der Waals surface area contributed by atoms with Gasteiger partial charge in [0.25, 0.3) is 0 Å². The van der Waals surface area contributed by atoms with E-state index < -0.39 is 5.60 Å². The predicted molar refractivity (Wildman–Crippen MR) is 80.1 cm³/mol. The molecule has 0 spiro atoms. The van der Waals surface area contributed by atoms with Gasteiger partial charge in [-0.05, 0) is 62.7 Å². The Morgan fingerprint density at radius 2 is 1.84 bits per heavy atom. The molecule has 19 heavy (non-hydrogen) atoms. The van der Waals surface area contributed by atoms with E-state index in [1.54, 1.807) is 0 Å². The van der Waals surface area contributed by atoms with Gasteiger partial charge >= 0.3 is 0 Å². The molecule has 1 aliphatic rings. The maximum absolute atomic E-state index is 10.4. The molecular weight excluding hydrogens is 232 g/mol. The van der Waals surface area contributed by atoms with Crippen molar-refractivity contribution in [2.75, 3.05) is 0 Å². The van der Waals surface area contributed by atoms with Crippen molar-refractivity contribution in [3.05, 3.63) is 53.3 Å². The van der Waals surface area contributed by atoms with Crippen LogP contribution in [0.25, 0.3) is 0 Å². The van der Waals surface area contributed by atoms with E-state index in [0.717, 1.165) is 25.7 Å². The van der Waals surface area contributed by atoms with E-state index in [0.29, 0.717) is 0 Å². The van der Waals surface area contributed by atoms with Crippen molar-refractivity contribution >= 4 is 0 Å². The van der Waals surface area contributed by atoms with Gasteiger partial charge in [-0.2, -0.15) is 0 Å². The maximum atomic E-state index is 10.4. The Kier molecular flexibility index (Phi) is 5.01. The van der Waals surface area contributed by atoms with Gasteiger partial charge in [-0.15, -0.1) is 5.73 Å². The first kappa shape index (κ1) is 14.1. The molecule has 0 radical (unpaired) electrons. The minimum Gasteiger partial charge on any atom is -0.385 e. The number of rotatable bonds is 4. The summed E-state index contributed by atoms with van der Waals surface area (Å²) in [5.41, 5.74) is 5.25. The number of aliphatic hydroxyl groups is 1. The molecule has 0 aromatic heterocycles. The summed E-state index contributed by atoms with van der Waals surface area (Å²) < 4.78 is 0. The third-order valence-corrected chi connectivity index (χ3v) is 3.81. The van der Waals surface area contributed by atoms with Gasteiger partial charge < -0.3 is 5.11 Å². The minimum atomic E-state index is -0.750. The fraction of sp³-hybridized carbons (Fsp3) is 0.500. The molecule has 0 aliphatic heterocycles. The van der Waals surface area contributed by atoms with Crippen molar-refractivity contribution in [2.24, 2.45) is 0 Å². The summed E-state index contributed by atoms with van der Waals surface area (Å²) in [5.74, 6) is 0. The van der Waals surface area contributed by atoms with Crippen LogP contribution in [0.1, 0.15) is 51.0 Å². The zero-order valence-electron chi connectivity index (χ0n) is 11.9. The number of aryl methyl sites for hydroxylation is 1. The van der Waals surface area contributed by atoms with Gasteiger partial charge in [0.1, 0.15) is 0 Å². The molecular formula is C18H24O.